The van der Waals surface area contributed by atoms with Gasteiger partial charge in [-0.1, -0.05) is 18.5 Å². The predicted octanol–water partition coefficient (Wildman–Crippen LogP) is 3.50. The van der Waals surface area contributed by atoms with Crippen molar-refractivity contribution in [3.8, 4) is 5.75 Å². The molecule has 5 nitrogen and oxygen atoms in total. The molecule has 0 unspecified atom stereocenters. The monoisotopic (exact) mass is 365 g/mol. The maximum absolute atomic E-state index is 12.1. The van der Waals surface area contributed by atoms with Gasteiger partial charge in [-0.05, 0) is 37.2 Å². The Morgan fingerprint density at radius 2 is 2.33 bits per heavy atom. The first-order chi connectivity index (χ1) is 11.5. The zero-order valence-electron chi connectivity index (χ0n) is 13.8. The van der Waals surface area contributed by atoms with Gasteiger partial charge in [0.2, 0.25) is 0 Å². The summed E-state index contributed by atoms with van der Waals surface area (Å²) in [6.07, 6.45) is 0.940. The minimum Gasteiger partial charge on any atom is -0.483 e. The Labute approximate surface area is 150 Å². The number of benzene rings is 1. The van der Waals surface area contributed by atoms with Crippen molar-refractivity contribution in [2.75, 3.05) is 25.0 Å². The number of aromatic nitrogens is 1. The molecular formula is C17H20ClN3O2S. The summed E-state index contributed by atoms with van der Waals surface area (Å²) in [5.74, 6) is 0.453. The van der Waals surface area contributed by atoms with Gasteiger partial charge in [-0.2, -0.15) is 0 Å². The molecule has 24 heavy (non-hydrogen) atoms. The number of anilines is 1. The van der Waals surface area contributed by atoms with E-state index in [1.807, 2.05) is 13.0 Å². The highest BCUT2D eigenvalue weighted by Gasteiger charge is 2.20. The van der Waals surface area contributed by atoms with Crippen molar-refractivity contribution in [3.63, 3.8) is 0 Å². The summed E-state index contributed by atoms with van der Waals surface area (Å²) in [4.78, 5) is 20.2. The maximum atomic E-state index is 12.1. The number of nitrogens with zero attached hydrogens (tertiary/aromatic N) is 2. The molecule has 1 aliphatic heterocycles. The molecule has 0 saturated heterocycles. The molecule has 1 aliphatic rings. The number of amides is 1. The summed E-state index contributed by atoms with van der Waals surface area (Å²) in [6.45, 7) is 6.98. The number of rotatable bonds is 5. The molecule has 0 atom stereocenters. The fourth-order valence-electron chi connectivity index (χ4n) is 2.65. The quantitative estimate of drug-likeness (QED) is 0.881. The van der Waals surface area contributed by atoms with Gasteiger partial charge in [0.05, 0.1) is 5.69 Å². The van der Waals surface area contributed by atoms with Gasteiger partial charge in [0.15, 0.2) is 11.7 Å². The number of carbonyl (C=O) groups excluding carboxylic acids is 1. The lowest BCUT2D eigenvalue weighted by Gasteiger charge is -2.23. The van der Waals surface area contributed by atoms with E-state index < -0.39 is 0 Å². The molecule has 0 spiro atoms. The van der Waals surface area contributed by atoms with Crippen LogP contribution in [0.3, 0.4) is 0 Å². The molecule has 7 heteroatoms. The van der Waals surface area contributed by atoms with Crippen LogP contribution in [0.4, 0.5) is 5.13 Å². The lowest BCUT2D eigenvalue weighted by Crippen LogP contribution is -2.29. The first-order valence-electron chi connectivity index (χ1n) is 7.95. The fourth-order valence-corrected chi connectivity index (χ4v) is 3.94. The average Bonchev–Trinajstić information content (AvgIpc) is 2.95. The highest BCUT2D eigenvalue weighted by atomic mass is 35.5. The number of ether oxygens (including phenoxy) is 1. The largest absolute Gasteiger partial charge is 0.483 e. The second-order valence-corrected chi connectivity index (χ2v) is 7.27. The lowest BCUT2D eigenvalue weighted by molar-refractivity contribution is -0.118. The Balaban J connectivity index is 1.56. The Hall–Kier alpha value is -1.63. The SMILES string of the molecule is CCN1CCc2nc(NC(=O)COc3ccc(Cl)cc3C)sc2C1. The molecule has 0 radical (unpaired) electrons. The van der Waals surface area contributed by atoms with Crippen molar-refractivity contribution in [1.29, 1.82) is 0 Å². The predicted molar refractivity (Wildman–Crippen MR) is 97.1 cm³/mol. The first-order valence-corrected chi connectivity index (χ1v) is 9.14. The van der Waals surface area contributed by atoms with Crippen LogP contribution in [0, 0.1) is 6.92 Å². The number of fused-ring (bicyclic) bond motifs is 1. The van der Waals surface area contributed by atoms with Crippen molar-refractivity contribution in [2.45, 2.75) is 26.8 Å². The maximum Gasteiger partial charge on any atom is 0.264 e. The second kappa shape index (κ2) is 7.51. The van der Waals surface area contributed by atoms with Gasteiger partial charge in [0, 0.05) is 29.4 Å². The summed E-state index contributed by atoms with van der Waals surface area (Å²) < 4.78 is 5.56. The molecular weight excluding hydrogens is 346 g/mol. The molecule has 1 amide bonds. The van der Waals surface area contributed by atoms with E-state index in [1.54, 1.807) is 23.5 Å². The van der Waals surface area contributed by atoms with Crippen molar-refractivity contribution >= 4 is 34.0 Å². The average molecular weight is 366 g/mol. The third-order valence-corrected chi connectivity index (χ3v) is 5.23. The molecule has 128 valence electrons. The Morgan fingerprint density at radius 1 is 1.50 bits per heavy atom. The van der Waals surface area contributed by atoms with Crippen LogP contribution >= 0.6 is 22.9 Å². The van der Waals surface area contributed by atoms with Crippen LogP contribution in [0.5, 0.6) is 5.75 Å². The van der Waals surface area contributed by atoms with Gasteiger partial charge < -0.3 is 4.74 Å². The van der Waals surface area contributed by atoms with Gasteiger partial charge >= 0.3 is 0 Å². The van der Waals surface area contributed by atoms with Gasteiger partial charge in [0.25, 0.3) is 5.91 Å². The van der Waals surface area contributed by atoms with Crippen molar-refractivity contribution in [1.82, 2.24) is 9.88 Å². The van der Waals surface area contributed by atoms with Crippen LogP contribution < -0.4 is 10.1 Å². The van der Waals surface area contributed by atoms with Crippen LogP contribution in [0.2, 0.25) is 5.02 Å². The van der Waals surface area contributed by atoms with Gasteiger partial charge in [-0.15, -0.1) is 11.3 Å². The smallest absolute Gasteiger partial charge is 0.264 e. The zero-order chi connectivity index (χ0) is 17.1. The third-order valence-electron chi connectivity index (χ3n) is 4.00. The highest BCUT2D eigenvalue weighted by Crippen LogP contribution is 2.28. The van der Waals surface area contributed by atoms with E-state index in [0.29, 0.717) is 15.9 Å². The normalized spacial score (nSPS) is 14.3. The number of likely N-dealkylation sites (N-methyl/N-ethyl adjacent to an activating group) is 1. The van der Waals surface area contributed by atoms with E-state index in [4.69, 9.17) is 16.3 Å². The number of hydrogen-bond donors (Lipinski definition) is 1. The van der Waals surface area contributed by atoms with Gasteiger partial charge in [-0.25, -0.2) is 4.98 Å². The van der Waals surface area contributed by atoms with Gasteiger partial charge in [-0.3, -0.25) is 15.0 Å². The van der Waals surface area contributed by atoms with Gasteiger partial charge in [0.1, 0.15) is 5.75 Å². The van der Waals surface area contributed by atoms with E-state index >= 15 is 0 Å². The number of halogens is 1. The molecule has 0 saturated carbocycles. The zero-order valence-corrected chi connectivity index (χ0v) is 15.3. The van der Waals surface area contributed by atoms with Crippen LogP contribution in [-0.4, -0.2) is 35.5 Å². The van der Waals surface area contributed by atoms with E-state index in [9.17, 15) is 4.79 Å². The first kappa shape index (κ1) is 17.2. The molecule has 2 aromatic rings. The molecule has 2 heterocycles. The molecule has 1 aromatic carbocycles. The topological polar surface area (TPSA) is 54.5 Å². The van der Waals surface area contributed by atoms with Crippen molar-refractivity contribution in [2.24, 2.45) is 0 Å². The summed E-state index contributed by atoms with van der Waals surface area (Å²) in [7, 11) is 0. The molecule has 3 rings (SSSR count). The highest BCUT2D eigenvalue weighted by molar-refractivity contribution is 7.15. The van der Waals surface area contributed by atoms with Crippen LogP contribution in [-0.2, 0) is 17.8 Å². The Kier molecular flexibility index (Phi) is 5.38. The molecule has 1 N–H and O–H groups in total. The van der Waals surface area contributed by atoms with E-state index in [1.165, 1.54) is 4.88 Å². The van der Waals surface area contributed by atoms with Crippen molar-refractivity contribution < 1.29 is 9.53 Å². The van der Waals surface area contributed by atoms with E-state index in [0.717, 1.165) is 37.3 Å². The van der Waals surface area contributed by atoms with Crippen LogP contribution in [0.25, 0.3) is 0 Å². The molecule has 0 fully saturated rings. The number of carbonyl (C=O) groups is 1. The number of aryl methyl sites for hydroxylation is 1. The molecule has 1 aromatic heterocycles. The van der Waals surface area contributed by atoms with Crippen LogP contribution in [0.15, 0.2) is 18.2 Å². The molecule has 0 bridgehead atoms. The summed E-state index contributed by atoms with van der Waals surface area (Å²) in [5, 5.41) is 4.14. The van der Waals surface area contributed by atoms with E-state index in [2.05, 4.69) is 22.1 Å². The number of hydrogen-bond acceptors (Lipinski definition) is 5. The van der Waals surface area contributed by atoms with Crippen molar-refractivity contribution in [3.05, 3.63) is 39.4 Å². The number of thiazole rings is 1. The second-order valence-electron chi connectivity index (χ2n) is 5.75. The minimum absolute atomic E-state index is 0.0478. The summed E-state index contributed by atoms with van der Waals surface area (Å²) in [6, 6.07) is 5.33. The Morgan fingerprint density at radius 3 is 3.08 bits per heavy atom. The summed E-state index contributed by atoms with van der Waals surface area (Å²) in [5.41, 5.74) is 2.01. The Bertz CT molecular complexity index is 747. The number of nitrogens with one attached hydrogen (secondary N) is 1. The van der Waals surface area contributed by atoms with E-state index in [-0.39, 0.29) is 12.5 Å². The summed E-state index contributed by atoms with van der Waals surface area (Å²) >= 11 is 7.46. The standard InChI is InChI=1S/C17H20ClN3O2S/c1-3-21-7-6-13-15(9-21)24-17(19-13)20-16(22)10-23-14-5-4-12(18)8-11(14)2/h4-5,8H,3,6-7,9-10H2,1-2H3,(H,19,20,22). The fraction of sp³-hybridized carbons (Fsp3) is 0.412. The minimum atomic E-state index is -0.206. The van der Waals surface area contributed by atoms with Crippen LogP contribution in [0.1, 0.15) is 23.1 Å². The molecule has 0 aliphatic carbocycles. The third kappa shape index (κ3) is 4.06. The lowest BCUT2D eigenvalue weighted by atomic mass is 10.2.